The Morgan fingerprint density at radius 2 is 1.81 bits per heavy atom. The van der Waals surface area contributed by atoms with Crippen molar-refractivity contribution in [3.8, 4) is 0 Å². The highest BCUT2D eigenvalue weighted by Crippen LogP contribution is 2.19. The first-order valence-electron chi connectivity index (χ1n) is 6.88. The molecule has 3 nitrogen and oxygen atoms in total. The topological polar surface area (TPSA) is 18.5 Å². The zero-order valence-corrected chi connectivity index (χ0v) is 11.1. The van der Waals surface area contributed by atoms with Crippen molar-refractivity contribution in [2.24, 2.45) is 0 Å². The van der Waals surface area contributed by atoms with Crippen LogP contribution in [0.3, 0.4) is 0 Å². The lowest BCUT2D eigenvalue weighted by atomic mass is 10.0. The summed E-state index contributed by atoms with van der Waals surface area (Å²) in [5.74, 6) is 0. The van der Waals surface area contributed by atoms with Crippen LogP contribution < -0.4 is 5.32 Å². The molecule has 1 atom stereocenters. The molecule has 1 N–H and O–H groups in total. The van der Waals surface area contributed by atoms with Gasteiger partial charge in [0.2, 0.25) is 0 Å². The third kappa shape index (κ3) is 2.96. The second-order valence-corrected chi connectivity index (χ2v) is 5.71. The molecule has 0 saturated carbocycles. The Balaban J connectivity index is 1.79. The minimum Gasteiger partial charge on any atom is -0.312 e. The molecule has 2 rings (SSSR count). The third-order valence-corrected chi connectivity index (χ3v) is 4.15. The first kappa shape index (κ1) is 12.3. The molecule has 2 heterocycles. The van der Waals surface area contributed by atoms with E-state index in [0.717, 1.165) is 12.1 Å². The fourth-order valence-electron chi connectivity index (χ4n) is 3.06. The molecule has 16 heavy (non-hydrogen) atoms. The highest BCUT2D eigenvalue weighted by Gasteiger charge is 2.27. The predicted molar refractivity (Wildman–Crippen MR) is 68.8 cm³/mol. The van der Waals surface area contributed by atoms with Crippen LogP contribution in [0.5, 0.6) is 0 Å². The summed E-state index contributed by atoms with van der Waals surface area (Å²) in [6, 6.07) is 2.25. The molecule has 0 unspecified atom stereocenters. The van der Waals surface area contributed by atoms with Gasteiger partial charge in [-0.15, -0.1) is 0 Å². The largest absolute Gasteiger partial charge is 0.312 e. The van der Waals surface area contributed by atoms with Gasteiger partial charge in [-0.05, 0) is 46.7 Å². The summed E-state index contributed by atoms with van der Waals surface area (Å²) in [5, 5.41) is 3.53. The summed E-state index contributed by atoms with van der Waals surface area (Å²) < 4.78 is 0. The van der Waals surface area contributed by atoms with E-state index in [4.69, 9.17) is 0 Å². The SMILES string of the molecule is CC(C)N1CCC(N2CCN[C@H](C)C2)CC1. The van der Waals surface area contributed by atoms with Gasteiger partial charge in [-0.1, -0.05) is 0 Å². The smallest absolute Gasteiger partial charge is 0.0167 e. The first-order valence-corrected chi connectivity index (χ1v) is 6.88. The first-order chi connectivity index (χ1) is 7.66. The van der Waals surface area contributed by atoms with Gasteiger partial charge >= 0.3 is 0 Å². The van der Waals surface area contributed by atoms with Gasteiger partial charge in [0, 0.05) is 37.8 Å². The Morgan fingerprint density at radius 1 is 1.12 bits per heavy atom. The van der Waals surface area contributed by atoms with Crippen LogP contribution in [0.1, 0.15) is 33.6 Å². The number of piperidine rings is 1. The van der Waals surface area contributed by atoms with E-state index in [1.807, 2.05) is 0 Å². The van der Waals surface area contributed by atoms with E-state index >= 15 is 0 Å². The summed E-state index contributed by atoms with van der Waals surface area (Å²) in [5.41, 5.74) is 0. The predicted octanol–water partition coefficient (Wildman–Crippen LogP) is 1.15. The summed E-state index contributed by atoms with van der Waals surface area (Å²) >= 11 is 0. The molecule has 0 aliphatic carbocycles. The molecule has 0 aromatic heterocycles. The standard InChI is InChI=1S/C13H27N3/c1-11(2)15-7-4-13(5-8-15)16-9-6-14-12(3)10-16/h11-14H,4-10H2,1-3H3/t12-/m1/s1. The van der Waals surface area contributed by atoms with Crippen LogP contribution in [0, 0.1) is 0 Å². The number of rotatable bonds is 2. The molecular formula is C13H27N3. The van der Waals surface area contributed by atoms with Crippen LogP contribution in [-0.2, 0) is 0 Å². The second kappa shape index (κ2) is 5.48. The number of likely N-dealkylation sites (tertiary alicyclic amines) is 1. The minimum absolute atomic E-state index is 0.678. The van der Waals surface area contributed by atoms with Gasteiger partial charge in [0.05, 0.1) is 0 Å². The molecule has 2 aliphatic heterocycles. The highest BCUT2D eigenvalue weighted by atomic mass is 15.2. The summed E-state index contributed by atoms with van der Waals surface area (Å²) in [6.07, 6.45) is 2.73. The quantitative estimate of drug-likeness (QED) is 0.760. The van der Waals surface area contributed by atoms with Crippen molar-refractivity contribution in [2.45, 2.75) is 51.7 Å². The minimum atomic E-state index is 0.678. The number of nitrogens with one attached hydrogen (secondary N) is 1. The Bertz CT molecular complexity index is 209. The summed E-state index contributed by atoms with van der Waals surface area (Å²) in [6.45, 7) is 13.2. The second-order valence-electron chi connectivity index (χ2n) is 5.71. The van der Waals surface area contributed by atoms with E-state index in [1.165, 1.54) is 45.6 Å². The average molecular weight is 225 g/mol. The van der Waals surface area contributed by atoms with E-state index in [0.29, 0.717) is 6.04 Å². The lowest BCUT2D eigenvalue weighted by Gasteiger charge is -2.43. The molecule has 0 radical (unpaired) electrons. The lowest BCUT2D eigenvalue weighted by molar-refractivity contribution is 0.0742. The van der Waals surface area contributed by atoms with Crippen LogP contribution in [0.2, 0.25) is 0 Å². The van der Waals surface area contributed by atoms with Crippen molar-refractivity contribution < 1.29 is 0 Å². The van der Waals surface area contributed by atoms with Crippen LogP contribution >= 0.6 is 0 Å². The molecule has 0 aromatic rings. The van der Waals surface area contributed by atoms with Gasteiger partial charge in [0.15, 0.2) is 0 Å². The maximum absolute atomic E-state index is 3.53. The third-order valence-electron chi connectivity index (χ3n) is 4.15. The Hall–Kier alpha value is -0.120. The number of hydrogen-bond donors (Lipinski definition) is 1. The Labute approximate surface area is 100 Å². The van der Waals surface area contributed by atoms with E-state index in [1.54, 1.807) is 0 Å². The van der Waals surface area contributed by atoms with Crippen LogP contribution in [0.15, 0.2) is 0 Å². The maximum atomic E-state index is 3.53. The molecule has 0 bridgehead atoms. The normalized spacial score (nSPS) is 31.1. The van der Waals surface area contributed by atoms with Crippen molar-refractivity contribution >= 4 is 0 Å². The van der Waals surface area contributed by atoms with Crippen molar-refractivity contribution in [3.05, 3.63) is 0 Å². The average Bonchev–Trinajstić information content (AvgIpc) is 2.29. The highest BCUT2D eigenvalue weighted by molar-refractivity contribution is 4.85. The summed E-state index contributed by atoms with van der Waals surface area (Å²) in [7, 11) is 0. The Morgan fingerprint density at radius 3 is 2.38 bits per heavy atom. The van der Waals surface area contributed by atoms with Gasteiger partial charge in [0.1, 0.15) is 0 Å². The molecular weight excluding hydrogens is 198 g/mol. The van der Waals surface area contributed by atoms with Crippen LogP contribution in [-0.4, -0.2) is 60.6 Å². The molecule has 0 spiro atoms. The molecule has 0 amide bonds. The fraction of sp³-hybridized carbons (Fsp3) is 1.00. The van der Waals surface area contributed by atoms with Crippen molar-refractivity contribution in [1.29, 1.82) is 0 Å². The van der Waals surface area contributed by atoms with Crippen LogP contribution in [0.4, 0.5) is 0 Å². The molecule has 2 fully saturated rings. The van der Waals surface area contributed by atoms with Gasteiger partial charge in [-0.3, -0.25) is 4.90 Å². The number of nitrogens with zero attached hydrogens (tertiary/aromatic N) is 2. The van der Waals surface area contributed by atoms with Crippen molar-refractivity contribution in [1.82, 2.24) is 15.1 Å². The molecule has 3 heteroatoms. The monoisotopic (exact) mass is 225 g/mol. The lowest BCUT2D eigenvalue weighted by Crippen LogP contribution is -2.55. The molecule has 0 aromatic carbocycles. The van der Waals surface area contributed by atoms with E-state index in [-0.39, 0.29) is 0 Å². The van der Waals surface area contributed by atoms with Gasteiger partial charge < -0.3 is 10.2 Å². The zero-order valence-electron chi connectivity index (χ0n) is 11.1. The molecule has 94 valence electrons. The number of piperazine rings is 1. The fourth-order valence-corrected chi connectivity index (χ4v) is 3.06. The van der Waals surface area contributed by atoms with E-state index < -0.39 is 0 Å². The van der Waals surface area contributed by atoms with Gasteiger partial charge in [-0.25, -0.2) is 0 Å². The van der Waals surface area contributed by atoms with E-state index in [9.17, 15) is 0 Å². The van der Waals surface area contributed by atoms with Crippen molar-refractivity contribution in [3.63, 3.8) is 0 Å². The van der Waals surface area contributed by atoms with Crippen molar-refractivity contribution in [2.75, 3.05) is 32.7 Å². The summed E-state index contributed by atoms with van der Waals surface area (Å²) in [4.78, 5) is 5.32. The number of hydrogen-bond acceptors (Lipinski definition) is 3. The zero-order chi connectivity index (χ0) is 11.5. The molecule has 2 aliphatic rings. The Kier molecular flexibility index (Phi) is 4.22. The van der Waals surface area contributed by atoms with Crippen LogP contribution in [0.25, 0.3) is 0 Å². The molecule has 2 saturated heterocycles. The maximum Gasteiger partial charge on any atom is 0.0167 e. The van der Waals surface area contributed by atoms with E-state index in [2.05, 4.69) is 35.9 Å². The van der Waals surface area contributed by atoms with Gasteiger partial charge in [0.25, 0.3) is 0 Å². The van der Waals surface area contributed by atoms with Gasteiger partial charge in [-0.2, -0.15) is 0 Å².